The summed E-state index contributed by atoms with van der Waals surface area (Å²) < 4.78 is 11.8. The highest BCUT2D eigenvalue weighted by Crippen LogP contribution is 2.57. The number of carboxylic acids is 2. The maximum absolute atomic E-state index is 13.4. The molecule has 0 saturated carbocycles. The van der Waals surface area contributed by atoms with E-state index in [1.165, 1.54) is 24.1 Å². The second kappa shape index (κ2) is 21.8. The maximum Gasteiger partial charge on any atom is 0.326 e. The molecule has 8 nitrogen and oxygen atoms in total. The molecule has 0 amide bonds. The van der Waals surface area contributed by atoms with E-state index in [0.717, 1.165) is 80.5 Å². The van der Waals surface area contributed by atoms with Gasteiger partial charge in [0.15, 0.2) is 5.71 Å². The summed E-state index contributed by atoms with van der Waals surface area (Å²) in [4.78, 5) is 39.2. The van der Waals surface area contributed by atoms with Gasteiger partial charge in [0.05, 0.1) is 23.5 Å². The van der Waals surface area contributed by atoms with Gasteiger partial charge in [0, 0.05) is 43.2 Å². The number of benzene rings is 3. The number of carbonyl (C=O) groups is 3. The van der Waals surface area contributed by atoms with E-state index in [0.29, 0.717) is 31.6 Å². The van der Waals surface area contributed by atoms with E-state index >= 15 is 0 Å². The Morgan fingerprint density at radius 3 is 2.15 bits per heavy atom. The second-order valence-corrected chi connectivity index (χ2v) is 20.9. The lowest BCUT2D eigenvalue weighted by molar-refractivity contribution is -0.401. The minimum Gasteiger partial charge on any atom is -0.481 e. The maximum atomic E-state index is 13.4. The smallest absolute Gasteiger partial charge is 0.326 e. The highest BCUT2D eigenvalue weighted by atomic mass is 127. The predicted octanol–water partition coefficient (Wildman–Crippen LogP) is 12.8. The topological polar surface area (TPSA) is 107 Å². The summed E-state index contributed by atoms with van der Waals surface area (Å²) in [5.41, 5.74) is 4.90. The first-order valence-electron chi connectivity index (χ1n) is 20.7. The fraction of sp³-hybridized carbons (Fsp3) is 0.417. The number of hydrogen-bond donors (Lipinski definition) is 2. The quantitative estimate of drug-likeness (QED) is 0.0360. The van der Waals surface area contributed by atoms with Gasteiger partial charge in [0.25, 0.3) is 6.47 Å². The van der Waals surface area contributed by atoms with Crippen LogP contribution in [0.1, 0.15) is 103 Å². The van der Waals surface area contributed by atoms with Crippen LogP contribution in [0.15, 0.2) is 84.6 Å². The Morgan fingerprint density at radius 1 is 0.800 bits per heavy atom. The largest absolute Gasteiger partial charge is 0.481 e. The average molecular weight is 1260 g/mol. The van der Waals surface area contributed by atoms with Gasteiger partial charge >= 0.3 is 11.9 Å². The van der Waals surface area contributed by atoms with Crippen LogP contribution in [0.4, 0.5) is 11.4 Å². The number of nitrogens with zero attached hydrogens (tertiary/aromatic N) is 2. The SMILES string of the molecule is CCCCC(C(=O)O)N1\C(=C/C=C/C=C/C=C/C2=[N+](C)c3cc(I)cc(I)c3C2(C)CCCCCOC=O)C(C)(C(CCCC)C(=O)O)c2c1ccc1c(I)cc(I)cc21. The van der Waals surface area contributed by atoms with Crippen molar-refractivity contribution in [1.82, 2.24) is 0 Å². The number of carbonyl (C=O) groups excluding carboxylic acids is 1. The van der Waals surface area contributed by atoms with Crippen molar-refractivity contribution < 1.29 is 33.9 Å². The highest BCUT2D eigenvalue weighted by Gasteiger charge is 2.54. The number of allylic oxidation sites excluding steroid dienone is 8. The normalized spacial score (nSPS) is 20.6. The molecule has 0 fully saturated rings. The van der Waals surface area contributed by atoms with Crippen molar-refractivity contribution >= 4 is 137 Å². The molecule has 3 aromatic rings. The van der Waals surface area contributed by atoms with Gasteiger partial charge in [-0.15, -0.1) is 0 Å². The highest BCUT2D eigenvalue weighted by molar-refractivity contribution is 14.1. The number of carboxylic acid groups (broad SMARTS) is 2. The first kappa shape index (κ1) is 48.7. The van der Waals surface area contributed by atoms with E-state index in [1.54, 1.807) is 0 Å². The molecule has 0 saturated heterocycles. The fourth-order valence-corrected chi connectivity index (χ4v) is 13.7. The summed E-state index contributed by atoms with van der Waals surface area (Å²) in [6.45, 7) is 9.43. The van der Waals surface area contributed by atoms with Crippen LogP contribution in [-0.2, 0) is 30.0 Å². The minimum atomic E-state index is -1.02. The molecule has 0 bridgehead atoms. The van der Waals surface area contributed by atoms with Crippen LogP contribution in [0.3, 0.4) is 0 Å². The third kappa shape index (κ3) is 10.2. The minimum absolute atomic E-state index is 0.205. The van der Waals surface area contributed by atoms with E-state index in [4.69, 9.17) is 4.74 Å². The average Bonchev–Trinajstić information content (AvgIpc) is 3.56. The van der Waals surface area contributed by atoms with E-state index in [-0.39, 0.29) is 5.41 Å². The van der Waals surface area contributed by atoms with Crippen LogP contribution in [0.5, 0.6) is 0 Å². The summed E-state index contributed by atoms with van der Waals surface area (Å²) in [6.07, 6.45) is 21.9. The van der Waals surface area contributed by atoms with Crippen molar-refractivity contribution in [2.24, 2.45) is 5.92 Å². The molecule has 0 aliphatic carbocycles. The van der Waals surface area contributed by atoms with E-state index in [1.807, 2.05) is 48.3 Å². The molecule has 2 N–H and O–H groups in total. The van der Waals surface area contributed by atoms with Crippen LogP contribution in [0.2, 0.25) is 0 Å². The van der Waals surface area contributed by atoms with Crippen molar-refractivity contribution in [2.45, 2.75) is 109 Å². The van der Waals surface area contributed by atoms with Crippen LogP contribution in [0.25, 0.3) is 10.8 Å². The Labute approximate surface area is 409 Å². The van der Waals surface area contributed by atoms with Crippen molar-refractivity contribution in [3.05, 3.63) is 110 Å². The van der Waals surface area contributed by atoms with Crippen molar-refractivity contribution in [3.63, 3.8) is 0 Å². The number of aliphatic carboxylic acids is 2. The number of fused-ring (bicyclic) bond motifs is 4. The molecule has 2 aliphatic rings. The lowest BCUT2D eigenvalue weighted by atomic mass is 9.67. The molecule has 2 aliphatic heterocycles. The standard InChI is InChI=1S/C48H54I4N2O6/c1-6-8-18-35(45(56)57)48(4)42(54(39(46(58)59)19-9-7-2)38-23-22-33-34(43(38)48)26-31(49)27-36(33)51)21-15-12-10-11-14-20-41-47(3,24-16-13-17-25-60-30-55)44-37(52)28-32(50)29-40(44)53(41)5/h10-12,14-15,20-23,26-30,35,39H,6-9,13,16-19,24-25H2,1-5H3,(H-,56,57,58,59)/p+1. The number of hydrogen-bond acceptors (Lipinski definition) is 5. The Hall–Kier alpha value is -2.32. The van der Waals surface area contributed by atoms with Gasteiger partial charge in [-0.1, -0.05) is 88.8 Å². The predicted molar refractivity (Wildman–Crippen MR) is 277 cm³/mol. The van der Waals surface area contributed by atoms with E-state index in [9.17, 15) is 24.6 Å². The van der Waals surface area contributed by atoms with Gasteiger partial charge in [-0.3, -0.25) is 9.59 Å². The molecule has 0 aromatic heterocycles. The number of anilines is 1. The van der Waals surface area contributed by atoms with Gasteiger partial charge in [0.2, 0.25) is 5.69 Å². The Kier molecular flexibility index (Phi) is 17.7. The molecule has 0 spiro atoms. The molecule has 3 aromatic carbocycles. The van der Waals surface area contributed by atoms with Gasteiger partial charge < -0.3 is 19.8 Å². The van der Waals surface area contributed by atoms with Crippen LogP contribution in [0, 0.1) is 20.2 Å². The number of halogens is 4. The molecular weight excluding hydrogens is 1210 g/mol. The Morgan fingerprint density at radius 2 is 1.47 bits per heavy atom. The van der Waals surface area contributed by atoms with E-state index < -0.39 is 29.3 Å². The van der Waals surface area contributed by atoms with Crippen molar-refractivity contribution in [3.8, 4) is 0 Å². The summed E-state index contributed by atoms with van der Waals surface area (Å²) in [6, 6.07) is 11.9. The zero-order chi connectivity index (χ0) is 43.8. The monoisotopic (exact) mass is 1260 g/mol. The summed E-state index contributed by atoms with van der Waals surface area (Å²) in [5.74, 6) is -2.58. The molecular formula is C48H55I4N2O6+. The van der Waals surface area contributed by atoms with Gasteiger partial charge in [-0.25, -0.2) is 4.79 Å². The first-order chi connectivity index (χ1) is 28.7. The summed E-state index contributed by atoms with van der Waals surface area (Å²) in [7, 11) is 2.13. The van der Waals surface area contributed by atoms with Crippen LogP contribution < -0.4 is 4.90 Å². The zero-order valence-corrected chi connectivity index (χ0v) is 43.6. The first-order valence-corrected chi connectivity index (χ1v) is 25.0. The number of ether oxygens (including phenoxy) is 1. The Balaban J connectivity index is 1.57. The second-order valence-electron chi connectivity index (χ2n) is 16.1. The van der Waals surface area contributed by atoms with Crippen molar-refractivity contribution in [2.75, 3.05) is 18.6 Å². The lowest BCUT2D eigenvalue weighted by Gasteiger charge is -2.37. The van der Waals surface area contributed by atoms with Crippen molar-refractivity contribution in [1.29, 1.82) is 0 Å². The number of rotatable bonds is 21. The molecule has 60 heavy (non-hydrogen) atoms. The number of unbranched alkanes of at least 4 members (excludes halogenated alkanes) is 4. The molecule has 12 heteroatoms. The van der Waals surface area contributed by atoms with Gasteiger partial charge in [0.1, 0.15) is 13.1 Å². The molecule has 4 unspecified atom stereocenters. The Bertz CT molecular complexity index is 2260. The molecule has 4 atom stereocenters. The lowest BCUT2D eigenvalue weighted by Crippen LogP contribution is -2.45. The van der Waals surface area contributed by atoms with Gasteiger partial charge in [-0.2, -0.15) is 4.58 Å². The molecule has 5 rings (SSSR count). The molecule has 2 heterocycles. The third-order valence-corrected chi connectivity index (χ3v) is 15.2. The zero-order valence-electron chi connectivity index (χ0n) is 34.9. The summed E-state index contributed by atoms with van der Waals surface area (Å²) in [5, 5.41) is 23.8. The van der Waals surface area contributed by atoms with Crippen LogP contribution in [-0.4, -0.2) is 58.6 Å². The molecule has 320 valence electrons. The fourth-order valence-electron chi connectivity index (χ4n) is 9.29. The molecule has 0 radical (unpaired) electrons. The van der Waals surface area contributed by atoms with Gasteiger partial charge in [-0.05, 0) is 177 Å². The van der Waals surface area contributed by atoms with Crippen LogP contribution >= 0.6 is 90.4 Å². The van der Waals surface area contributed by atoms with E-state index in [2.05, 4.69) is 165 Å². The summed E-state index contributed by atoms with van der Waals surface area (Å²) >= 11 is 9.52. The third-order valence-electron chi connectivity index (χ3n) is 12.2.